The molecule has 2 rings (SSSR count). The van der Waals surface area contributed by atoms with E-state index < -0.39 is 0 Å². The van der Waals surface area contributed by atoms with Crippen LogP contribution in [0.15, 0.2) is 30.3 Å². The average Bonchev–Trinajstić information content (AvgIpc) is 2.85. The molecule has 1 aliphatic rings. The molecule has 1 aliphatic heterocycles. The fourth-order valence-electron chi connectivity index (χ4n) is 1.20. The smallest absolute Gasteiger partial charge is 0.116 e. The predicted octanol–water partition coefficient (Wildman–Crippen LogP) is 1.22. The van der Waals surface area contributed by atoms with E-state index >= 15 is 0 Å². The molecule has 1 fully saturated rings. The van der Waals surface area contributed by atoms with Crippen LogP contribution in [0.4, 0.5) is 0 Å². The molecule has 2 nitrogen and oxygen atoms in total. The second-order valence-corrected chi connectivity index (χ2v) is 2.66. The number of nitriles is 1. The number of hydrogen-bond donors (Lipinski definition) is 1. The van der Waals surface area contributed by atoms with E-state index in [0.29, 0.717) is 0 Å². The molecule has 0 aliphatic carbocycles. The molecule has 2 unspecified atom stereocenters. The predicted molar refractivity (Wildman–Crippen MR) is 41.7 cm³/mol. The first-order valence-corrected chi connectivity index (χ1v) is 3.62. The second-order valence-electron chi connectivity index (χ2n) is 2.66. The highest BCUT2D eigenvalue weighted by Crippen LogP contribution is 2.28. The molecule has 1 aromatic carbocycles. The summed E-state index contributed by atoms with van der Waals surface area (Å²) in [6.45, 7) is 0. The lowest BCUT2D eigenvalue weighted by atomic mass is 10.1. The van der Waals surface area contributed by atoms with Crippen molar-refractivity contribution in [1.29, 1.82) is 5.26 Å². The van der Waals surface area contributed by atoms with E-state index in [-0.39, 0.29) is 12.1 Å². The van der Waals surface area contributed by atoms with Gasteiger partial charge in [-0.25, -0.2) is 0 Å². The van der Waals surface area contributed by atoms with E-state index in [9.17, 15) is 0 Å². The van der Waals surface area contributed by atoms with E-state index in [1.807, 2.05) is 30.3 Å². The fourth-order valence-corrected chi connectivity index (χ4v) is 1.20. The van der Waals surface area contributed by atoms with Crippen molar-refractivity contribution in [1.82, 2.24) is 5.32 Å². The largest absolute Gasteiger partial charge is 0.291 e. The van der Waals surface area contributed by atoms with Crippen LogP contribution in [0.3, 0.4) is 0 Å². The van der Waals surface area contributed by atoms with Crippen molar-refractivity contribution in [3.63, 3.8) is 0 Å². The molecule has 1 N–H and O–H groups in total. The minimum atomic E-state index is 0.0393. The van der Waals surface area contributed by atoms with Crippen LogP contribution in [0, 0.1) is 11.3 Å². The molecular formula is C9H8N2. The topological polar surface area (TPSA) is 45.7 Å². The summed E-state index contributed by atoms with van der Waals surface area (Å²) >= 11 is 0. The molecule has 2 atom stereocenters. The molecule has 0 amide bonds. The van der Waals surface area contributed by atoms with Gasteiger partial charge in [0.15, 0.2) is 0 Å². The van der Waals surface area contributed by atoms with Crippen LogP contribution in [0.5, 0.6) is 0 Å². The zero-order valence-electron chi connectivity index (χ0n) is 5.99. The summed E-state index contributed by atoms with van der Waals surface area (Å²) in [5.41, 5.74) is 1.21. The van der Waals surface area contributed by atoms with Gasteiger partial charge >= 0.3 is 0 Å². The van der Waals surface area contributed by atoms with Crippen molar-refractivity contribution < 1.29 is 0 Å². The minimum Gasteiger partial charge on any atom is -0.291 e. The summed E-state index contributed by atoms with van der Waals surface area (Å²) in [6, 6.07) is 12.5. The third-order valence-corrected chi connectivity index (χ3v) is 1.88. The molecule has 0 aromatic heterocycles. The van der Waals surface area contributed by atoms with Crippen LogP contribution in [0.2, 0.25) is 0 Å². The maximum atomic E-state index is 8.53. The highest BCUT2D eigenvalue weighted by atomic mass is 15.1. The summed E-state index contributed by atoms with van der Waals surface area (Å²) in [6.07, 6.45) is 0. The SMILES string of the molecule is N#CC1NC1c1ccccc1. The Kier molecular flexibility index (Phi) is 1.38. The zero-order chi connectivity index (χ0) is 7.68. The molecule has 0 bridgehead atoms. The van der Waals surface area contributed by atoms with Gasteiger partial charge in [-0.15, -0.1) is 0 Å². The van der Waals surface area contributed by atoms with Crippen molar-refractivity contribution >= 4 is 0 Å². The van der Waals surface area contributed by atoms with Gasteiger partial charge in [0.1, 0.15) is 6.04 Å². The standard InChI is InChI=1S/C9H8N2/c10-6-8-9(11-8)7-4-2-1-3-5-7/h1-5,8-9,11H. The van der Waals surface area contributed by atoms with Gasteiger partial charge in [-0.3, -0.25) is 5.32 Å². The van der Waals surface area contributed by atoms with Gasteiger partial charge in [0.25, 0.3) is 0 Å². The Morgan fingerprint density at radius 2 is 2.00 bits per heavy atom. The van der Waals surface area contributed by atoms with E-state index in [1.165, 1.54) is 5.56 Å². The van der Waals surface area contributed by atoms with Gasteiger partial charge in [-0.2, -0.15) is 5.26 Å². The number of benzene rings is 1. The summed E-state index contributed by atoms with van der Waals surface area (Å²) in [5.74, 6) is 0. The Bertz CT molecular complexity index is 286. The highest BCUT2D eigenvalue weighted by Gasteiger charge is 2.37. The van der Waals surface area contributed by atoms with Crippen LogP contribution in [0.25, 0.3) is 0 Å². The number of hydrogen-bond acceptors (Lipinski definition) is 2. The summed E-state index contributed by atoms with van der Waals surface area (Å²) in [5, 5.41) is 11.6. The highest BCUT2D eigenvalue weighted by molar-refractivity contribution is 5.30. The number of rotatable bonds is 1. The Hall–Kier alpha value is -1.33. The lowest BCUT2D eigenvalue weighted by Gasteiger charge is -1.92. The molecule has 0 radical (unpaired) electrons. The average molecular weight is 144 g/mol. The first kappa shape index (κ1) is 6.38. The molecular weight excluding hydrogens is 136 g/mol. The molecule has 0 saturated carbocycles. The Morgan fingerprint density at radius 3 is 2.55 bits per heavy atom. The van der Waals surface area contributed by atoms with Crippen LogP contribution in [-0.4, -0.2) is 6.04 Å². The van der Waals surface area contributed by atoms with Gasteiger partial charge in [-0.1, -0.05) is 30.3 Å². The molecule has 1 aromatic rings. The molecule has 1 heterocycles. The van der Waals surface area contributed by atoms with Gasteiger partial charge in [0, 0.05) is 0 Å². The van der Waals surface area contributed by atoms with Crippen molar-refractivity contribution in [3.8, 4) is 6.07 Å². The molecule has 1 saturated heterocycles. The van der Waals surface area contributed by atoms with Crippen LogP contribution in [-0.2, 0) is 0 Å². The molecule has 2 heteroatoms. The maximum Gasteiger partial charge on any atom is 0.116 e. The van der Waals surface area contributed by atoms with E-state index in [1.54, 1.807) is 0 Å². The van der Waals surface area contributed by atoms with Gasteiger partial charge < -0.3 is 0 Å². The Balaban J connectivity index is 2.16. The lowest BCUT2D eigenvalue weighted by Crippen LogP contribution is -1.82. The van der Waals surface area contributed by atoms with Crippen molar-refractivity contribution in [3.05, 3.63) is 35.9 Å². The number of nitrogens with zero attached hydrogens (tertiary/aromatic N) is 1. The number of nitrogens with one attached hydrogen (secondary N) is 1. The molecule has 11 heavy (non-hydrogen) atoms. The monoisotopic (exact) mass is 144 g/mol. The third-order valence-electron chi connectivity index (χ3n) is 1.88. The first-order chi connectivity index (χ1) is 5.42. The molecule has 0 spiro atoms. The Labute approximate surface area is 65.5 Å². The van der Waals surface area contributed by atoms with Gasteiger partial charge in [0.05, 0.1) is 12.1 Å². The van der Waals surface area contributed by atoms with Crippen LogP contribution in [0.1, 0.15) is 11.6 Å². The van der Waals surface area contributed by atoms with Crippen molar-refractivity contribution in [2.75, 3.05) is 0 Å². The zero-order valence-corrected chi connectivity index (χ0v) is 5.99. The lowest BCUT2D eigenvalue weighted by molar-refractivity contribution is 1.07. The summed E-state index contributed by atoms with van der Waals surface area (Å²) in [7, 11) is 0. The summed E-state index contributed by atoms with van der Waals surface area (Å²) in [4.78, 5) is 0. The third kappa shape index (κ3) is 1.11. The van der Waals surface area contributed by atoms with Crippen LogP contribution >= 0.6 is 0 Å². The quantitative estimate of drug-likeness (QED) is 0.602. The minimum absolute atomic E-state index is 0.0393. The van der Waals surface area contributed by atoms with E-state index in [4.69, 9.17) is 5.26 Å². The van der Waals surface area contributed by atoms with E-state index in [0.717, 1.165) is 0 Å². The normalized spacial score (nSPS) is 27.5. The van der Waals surface area contributed by atoms with Gasteiger partial charge in [-0.05, 0) is 5.56 Å². The van der Waals surface area contributed by atoms with E-state index in [2.05, 4.69) is 11.4 Å². The fraction of sp³-hybridized carbons (Fsp3) is 0.222. The van der Waals surface area contributed by atoms with Gasteiger partial charge in [0.2, 0.25) is 0 Å². The maximum absolute atomic E-state index is 8.53. The first-order valence-electron chi connectivity index (χ1n) is 3.62. The summed E-state index contributed by atoms with van der Waals surface area (Å²) < 4.78 is 0. The van der Waals surface area contributed by atoms with Crippen molar-refractivity contribution in [2.24, 2.45) is 0 Å². The Morgan fingerprint density at radius 1 is 1.27 bits per heavy atom. The second kappa shape index (κ2) is 2.37. The van der Waals surface area contributed by atoms with Crippen LogP contribution < -0.4 is 5.32 Å². The van der Waals surface area contributed by atoms with Crippen molar-refractivity contribution in [2.45, 2.75) is 12.1 Å². The molecule has 54 valence electrons.